The van der Waals surface area contributed by atoms with Crippen LogP contribution in [0.25, 0.3) is 12.2 Å². The number of ether oxygens (including phenoxy) is 1. The third-order valence-corrected chi connectivity index (χ3v) is 3.40. The van der Waals surface area contributed by atoms with Crippen molar-refractivity contribution in [3.63, 3.8) is 0 Å². The number of benzene rings is 2. The van der Waals surface area contributed by atoms with Crippen LogP contribution in [0.5, 0.6) is 0 Å². The first-order valence-electron chi connectivity index (χ1n) is 7.28. The highest BCUT2D eigenvalue weighted by atomic mass is 16.5. The van der Waals surface area contributed by atoms with Gasteiger partial charge in [0.25, 0.3) is 0 Å². The zero-order valence-corrected chi connectivity index (χ0v) is 13.3. The summed E-state index contributed by atoms with van der Waals surface area (Å²) in [6.07, 6.45) is 8.87. The van der Waals surface area contributed by atoms with E-state index in [0.29, 0.717) is 0 Å². The first kappa shape index (κ1) is 16.4. The van der Waals surface area contributed by atoms with Gasteiger partial charge in [-0.05, 0) is 24.1 Å². The van der Waals surface area contributed by atoms with Crippen molar-refractivity contribution in [2.45, 2.75) is 6.92 Å². The quantitative estimate of drug-likeness (QED) is 0.620. The lowest BCUT2D eigenvalue weighted by atomic mass is 10.1. The summed E-state index contributed by atoms with van der Waals surface area (Å²) in [5.74, 6) is 2.49. The summed E-state index contributed by atoms with van der Waals surface area (Å²) >= 11 is 0. The third-order valence-electron chi connectivity index (χ3n) is 3.40. The predicted octanol–water partition coefficient (Wildman–Crippen LogP) is 4.37. The minimum Gasteiger partial charge on any atom is -0.452 e. The van der Waals surface area contributed by atoms with Crippen molar-refractivity contribution in [1.82, 2.24) is 0 Å². The number of terminal acetylenes is 1. The van der Waals surface area contributed by atoms with Gasteiger partial charge >= 0.3 is 6.09 Å². The Hall–Kier alpha value is -2.99. The number of amides is 1. The van der Waals surface area contributed by atoms with Gasteiger partial charge in [-0.2, -0.15) is 0 Å². The molecular weight excluding hydrogens is 286 g/mol. The van der Waals surface area contributed by atoms with Gasteiger partial charge in [-0.15, -0.1) is 6.42 Å². The van der Waals surface area contributed by atoms with Crippen LogP contribution < -0.4 is 4.90 Å². The van der Waals surface area contributed by atoms with Crippen LogP contribution in [-0.2, 0) is 4.74 Å². The Labute approximate surface area is 137 Å². The van der Waals surface area contributed by atoms with Gasteiger partial charge in [-0.3, -0.25) is 4.90 Å². The van der Waals surface area contributed by atoms with Crippen LogP contribution in [0, 0.1) is 19.3 Å². The molecule has 0 aliphatic carbocycles. The molecular formula is C20H19NO2. The van der Waals surface area contributed by atoms with Crippen LogP contribution in [0.4, 0.5) is 10.5 Å². The molecule has 0 aromatic heterocycles. The van der Waals surface area contributed by atoms with Crippen molar-refractivity contribution in [3.05, 3.63) is 65.2 Å². The Morgan fingerprint density at radius 1 is 1.17 bits per heavy atom. The van der Waals surface area contributed by atoms with Crippen LogP contribution in [0.2, 0.25) is 0 Å². The maximum atomic E-state index is 12.0. The monoisotopic (exact) mass is 305 g/mol. The van der Waals surface area contributed by atoms with E-state index >= 15 is 0 Å². The summed E-state index contributed by atoms with van der Waals surface area (Å²) in [7, 11) is 1.34. The van der Waals surface area contributed by atoms with Gasteiger partial charge in [0.05, 0.1) is 19.3 Å². The van der Waals surface area contributed by atoms with Gasteiger partial charge in [-0.1, -0.05) is 66.1 Å². The number of aryl methyl sites for hydroxylation is 1. The molecule has 0 atom stereocenters. The first-order valence-corrected chi connectivity index (χ1v) is 7.28. The molecule has 1 amide bonds. The zero-order valence-electron chi connectivity index (χ0n) is 13.3. The largest absolute Gasteiger partial charge is 0.452 e. The van der Waals surface area contributed by atoms with E-state index in [-0.39, 0.29) is 6.54 Å². The van der Waals surface area contributed by atoms with E-state index in [1.54, 1.807) is 0 Å². The molecule has 0 spiro atoms. The van der Waals surface area contributed by atoms with Crippen molar-refractivity contribution < 1.29 is 9.53 Å². The highest BCUT2D eigenvalue weighted by molar-refractivity contribution is 5.92. The smallest absolute Gasteiger partial charge is 0.414 e. The summed E-state index contributed by atoms with van der Waals surface area (Å²) in [6.45, 7) is 2.21. The van der Waals surface area contributed by atoms with Gasteiger partial charge in [0.2, 0.25) is 0 Å². The number of nitrogens with zero attached hydrogens (tertiary/aromatic N) is 1. The minimum absolute atomic E-state index is 0.155. The summed E-state index contributed by atoms with van der Waals surface area (Å²) in [6, 6.07) is 15.8. The number of hydrogen-bond acceptors (Lipinski definition) is 2. The van der Waals surface area contributed by atoms with E-state index in [4.69, 9.17) is 11.2 Å². The molecule has 3 heteroatoms. The Morgan fingerprint density at radius 3 is 2.52 bits per heavy atom. The van der Waals surface area contributed by atoms with Crippen molar-refractivity contribution in [1.29, 1.82) is 0 Å². The fourth-order valence-corrected chi connectivity index (χ4v) is 2.19. The normalized spacial score (nSPS) is 10.3. The Balaban J connectivity index is 2.34. The molecule has 3 nitrogen and oxygen atoms in total. The predicted molar refractivity (Wildman–Crippen MR) is 95.1 cm³/mol. The van der Waals surface area contributed by atoms with Crippen molar-refractivity contribution >= 4 is 23.9 Å². The van der Waals surface area contributed by atoms with Crippen LogP contribution >= 0.6 is 0 Å². The standard InChI is InChI=1S/C20H19NO2/c1-4-15-21(20(22)23-3)19-8-6-5-7-18(19)14-13-17-11-9-16(2)10-12-17/h1,5-14H,15H2,2-3H3/b14-13+. The SMILES string of the molecule is C#CCN(C(=O)OC)c1ccccc1/C=C/c1ccc(C)cc1. The maximum absolute atomic E-state index is 12.0. The Kier molecular flexibility index (Phi) is 5.60. The highest BCUT2D eigenvalue weighted by Crippen LogP contribution is 2.23. The molecule has 0 N–H and O–H groups in total. The van der Waals surface area contributed by atoms with Crippen LogP contribution in [-0.4, -0.2) is 19.7 Å². The van der Waals surface area contributed by atoms with E-state index in [2.05, 4.69) is 25.0 Å². The maximum Gasteiger partial charge on any atom is 0.414 e. The molecule has 2 rings (SSSR count). The van der Waals surface area contributed by atoms with Gasteiger partial charge in [-0.25, -0.2) is 4.79 Å². The fourth-order valence-electron chi connectivity index (χ4n) is 2.19. The molecule has 0 bridgehead atoms. The second-order valence-corrected chi connectivity index (χ2v) is 5.06. The zero-order chi connectivity index (χ0) is 16.7. The van der Waals surface area contributed by atoms with E-state index in [1.807, 2.05) is 48.6 Å². The molecule has 0 unspecified atom stereocenters. The Morgan fingerprint density at radius 2 is 1.87 bits per heavy atom. The lowest BCUT2D eigenvalue weighted by Gasteiger charge is -2.20. The van der Waals surface area contributed by atoms with Gasteiger partial charge in [0, 0.05) is 0 Å². The Bertz CT molecular complexity index is 739. The van der Waals surface area contributed by atoms with E-state index in [9.17, 15) is 4.79 Å². The van der Waals surface area contributed by atoms with Gasteiger partial charge in [0.15, 0.2) is 0 Å². The lowest BCUT2D eigenvalue weighted by Crippen LogP contribution is -2.31. The van der Waals surface area contributed by atoms with Crippen molar-refractivity contribution in [2.75, 3.05) is 18.6 Å². The van der Waals surface area contributed by atoms with Gasteiger partial charge < -0.3 is 4.74 Å². The van der Waals surface area contributed by atoms with Crippen molar-refractivity contribution in [2.24, 2.45) is 0 Å². The average Bonchev–Trinajstić information content (AvgIpc) is 2.59. The number of rotatable bonds is 4. The van der Waals surface area contributed by atoms with Gasteiger partial charge in [0.1, 0.15) is 0 Å². The molecule has 116 valence electrons. The molecule has 0 saturated heterocycles. The summed E-state index contributed by atoms with van der Waals surface area (Å²) in [5, 5.41) is 0. The van der Waals surface area contributed by atoms with E-state index in [0.717, 1.165) is 16.8 Å². The molecule has 0 aliphatic rings. The highest BCUT2D eigenvalue weighted by Gasteiger charge is 2.16. The second kappa shape index (κ2) is 7.86. The summed E-state index contributed by atoms with van der Waals surface area (Å²) in [4.78, 5) is 13.4. The number of methoxy groups -OCH3 is 1. The molecule has 23 heavy (non-hydrogen) atoms. The molecule has 2 aromatic carbocycles. The summed E-state index contributed by atoms with van der Waals surface area (Å²) in [5.41, 5.74) is 3.93. The topological polar surface area (TPSA) is 29.5 Å². The molecule has 2 aromatic rings. The molecule has 0 saturated carbocycles. The second-order valence-electron chi connectivity index (χ2n) is 5.06. The van der Waals surface area contributed by atoms with Crippen LogP contribution in [0.3, 0.4) is 0 Å². The number of anilines is 1. The first-order chi connectivity index (χ1) is 11.2. The average molecular weight is 305 g/mol. The van der Waals surface area contributed by atoms with Crippen molar-refractivity contribution in [3.8, 4) is 12.3 Å². The number of carbonyl (C=O) groups excluding carboxylic acids is 1. The molecule has 0 aliphatic heterocycles. The lowest BCUT2D eigenvalue weighted by molar-refractivity contribution is 0.179. The van der Waals surface area contributed by atoms with E-state index in [1.165, 1.54) is 17.6 Å². The van der Waals surface area contributed by atoms with Crippen LogP contribution in [0.1, 0.15) is 16.7 Å². The molecule has 0 radical (unpaired) electrons. The molecule has 0 fully saturated rings. The number of hydrogen-bond donors (Lipinski definition) is 0. The third kappa shape index (κ3) is 4.24. The minimum atomic E-state index is -0.473. The molecule has 0 heterocycles. The van der Waals surface area contributed by atoms with Crippen LogP contribution in [0.15, 0.2) is 48.5 Å². The number of carbonyl (C=O) groups is 1. The summed E-state index contributed by atoms with van der Waals surface area (Å²) < 4.78 is 4.82. The fraction of sp³-hybridized carbons (Fsp3) is 0.150. The number of para-hydroxylation sites is 1. The van der Waals surface area contributed by atoms with E-state index < -0.39 is 6.09 Å².